The third kappa shape index (κ3) is 3.10. The van der Waals surface area contributed by atoms with Crippen molar-refractivity contribution in [2.45, 2.75) is 6.92 Å². The fourth-order valence-electron chi connectivity index (χ4n) is 2.58. The molecule has 1 N–H and O–H groups in total. The normalized spacial score (nSPS) is 12.0. The van der Waals surface area contributed by atoms with E-state index >= 15 is 0 Å². The molecule has 124 valence electrons. The molecular formula is C19H13BrN2O2S. The van der Waals surface area contributed by atoms with Crippen LogP contribution in [0.1, 0.15) is 5.56 Å². The second kappa shape index (κ2) is 6.46. The van der Waals surface area contributed by atoms with Gasteiger partial charge in [-0.15, -0.1) is 11.3 Å². The molecule has 6 heteroatoms. The zero-order valence-corrected chi connectivity index (χ0v) is 15.6. The predicted octanol–water partition coefficient (Wildman–Crippen LogP) is 5.58. The molecule has 2 aromatic carbocycles. The maximum absolute atomic E-state index is 9.35. The largest absolute Gasteiger partial charge is 0.435 e. The smallest absolute Gasteiger partial charge is 0.265 e. The Balaban J connectivity index is 1.85. The van der Waals surface area contributed by atoms with Crippen LogP contribution in [0.5, 0.6) is 0 Å². The first-order chi connectivity index (χ1) is 12.1. The van der Waals surface area contributed by atoms with Crippen molar-refractivity contribution in [3.05, 3.63) is 69.5 Å². The molecule has 0 aliphatic carbocycles. The third-order valence-corrected chi connectivity index (χ3v) is 5.25. The zero-order chi connectivity index (χ0) is 17.4. The summed E-state index contributed by atoms with van der Waals surface area (Å²) < 4.78 is 6.66. The highest BCUT2D eigenvalue weighted by Crippen LogP contribution is 2.29. The van der Waals surface area contributed by atoms with Crippen molar-refractivity contribution in [1.29, 1.82) is 0 Å². The van der Waals surface area contributed by atoms with E-state index in [1.807, 2.05) is 41.8 Å². The molecule has 0 saturated heterocycles. The van der Waals surface area contributed by atoms with Gasteiger partial charge in [0.25, 0.3) is 5.55 Å². The van der Waals surface area contributed by atoms with Gasteiger partial charge < -0.3 is 9.62 Å². The van der Waals surface area contributed by atoms with Crippen molar-refractivity contribution < 1.29 is 9.62 Å². The molecule has 4 aromatic rings. The highest BCUT2D eigenvalue weighted by molar-refractivity contribution is 9.10. The van der Waals surface area contributed by atoms with Gasteiger partial charge in [-0.3, -0.25) is 0 Å². The first-order valence-corrected chi connectivity index (χ1v) is 9.26. The Morgan fingerprint density at radius 1 is 1.12 bits per heavy atom. The minimum absolute atomic E-state index is 0.152. The van der Waals surface area contributed by atoms with Gasteiger partial charge in [-0.25, -0.2) is 4.98 Å². The van der Waals surface area contributed by atoms with Crippen LogP contribution in [0.3, 0.4) is 0 Å². The molecule has 0 fully saturated rings. The number of aromatic nitrogens is 1. The summed E-state index contributed by atoms with van der Waals surface area (Å²) in [6, 6.07) is 15.8. The maximum Gasteiger partial charge on any atom is 0.265 e. The Morgan fingerprint density at radius 2 is 1.92 bits per heavy atom. The lowest BCUT2D eigenvalue weighted by Gasteiger charge is -2.02. The van der Waals surface area contributed by atoms with E-state index in [-0.39, 0.29) is 5.55 Å². The lowest BCUT2D eigenvalue weighted by atomic mass is 10.1. The van der Waals surface area contributed by atoms with Gasteiger partial charge in [-0.05, 0) is 36.3 Å². The van der Waals surface area contributed by atoms with Crippen molar-refractivity contribution in [2.75, 3.05) is 0 Å². The van der Waals surface area contributed by atoms with Crippen molar-refractivity contribution >= 4 is 38.2 Å². The van der Waals surface area contributed by atoms with Crippen LogP contribution in [0.15, 0.2) is 68.0 Å². The topological polar surface area (TPSA) is 58.6 Å². The second-order valence-electron chi connectivity index (χ2n) is 5.65. The van der Waals surface area contributed by atoms with Gasteiger partial charge in [0, 0.05) is 20.8 Å². The van der Waals surface area contributed by atoms with Crippen LogP contribution < -0.4 is 5.55 Å². The molecule has 0 amide bonds. The average molecular weight is 413 g/mol. The number of rotatable bonds is 2. The summed E-state index contributed by atoms with van der Waals surface area (Å²) in [6.45, 7) is 2.06. The fourth-order valence-corrected chi connectivity index (χ4v) is 3.80. The molecule has 0 spiro atoms. The molecule has 4 nitrogen and oxygen atoms in total. The average Bonchev–Trinajstić information content (AvgIpc) is 3.11. The number of hydrogen-bond acceptors (Lipinski definition) is 5. The fraction of sp³-hybridized carbons (Fsp3) is 0.0526. The third-order valence-electron chi connectivity index (χ3n) is 3.88. The molecule has 0 atom stereocenters. The summed E-state index contributed by atoms with van der Waals surface area (Å²) >= 11 is 4.95. The molecule has 0 saturated carbocycles. The summed E-state index contributed by atoms with van der Waals surface area (Å²) in [5.74, 6) is 0. The van der Waals surface area contributed by atoms with Crippen molar-refractivity contribution in [3.63, 3.8) is 0 Å². The van der Waals surface area contributed by atoms with E-state index in [4.69, 9.17) is 9.40 Å². The van der Waals surface area contributed by atoms with Crippen LogP contribution in [-0.2, 0) is 0 Å². The molecule has 0 aliphatic rings. The van der Waals surface area contributed by atoms with Gasteiger partial charge >= 0.3 is 0 Å². The summed E-state index contributed by atoms with van der Waals surface area (Å²) in [6.07, 6.45) is 0. The number of thiazole rings is 1. The standard InChI is InChI=1S/C19H13BrN2O2S/c1-11-2-4-12(5-3-11)16-10-25-19(21-16)15-9-13-8-14(20)6-7-17(13)24-18(15)22-23/h2-10,23H,1H3/b22-18-. The van der Waals surface area contributed by atoms with Crippen LogP contribution in [0.2, 0.25) is 0 Å². The molecule has 0 bridgehead atoms. The molecule has 0 unspecified atom stereocenters. The van der Waals surface area contributed by atoms with Gasteiger partial charge in [0.1, 0.15) is 10.6 Å². The number of benzene rings is 2. The number of halogens is 1. The number of nitrogens with zero attached hydrogens (tertiary/aromatic N) is 2. The molecule has 2 aromatic heterocycles. The first kappa shape index (κ1) is 16.1. The Bertz CT molecular complexity index is 1130. The summed E-state index contributed by atoms with van der Waals surface area (Å²) in [5.41, 5.74) is 4.61. The SMILES string of the molecule is Cc1ccc(-c2csc(-c3cc4cc(Br)ccc4o/c3=N\O)n2)cc1. The van der Waals surface area contributed by atoms with Gasteiger partial charge in [-0.2, -0.15) is 0 Å². The van der Waals surface area contributed by atoms with Gasteiger partial charge in [0.15, 0.2) is 0 Å². The van der Waals surface area contributed by atoms with E-state index in [2.05, 4.69) is 40.1 Å². The first-order valence-electron chi connectivity index (χ1n) is 7.58. The Labute approximate surface area is 156 Å². The van der Waals surface area contributed by atoms with Gasteiger partial charge in [0.2, 0.25) is 0 Å². The van der Waals surface area contributed by atoms with Crippen LogP contribution in [-0.4, -0.2) is 10.2 Å². The summed E-state index contributed by atoms with van der Waals surface area (Å²) in [5, 5.41) is 16.3. The predicted molar refractivity (Wildman–Crippen MR) is 103 cm³/mol. The van der Waals surface area contributed by atoms with E-state index in [9.17, 15) is 5.21 Å². The molecule has 2 heterocycles. The number of hydrogen-bond donors (Lipinski definition) is 1. The van der Waals surface area contributed by atoms with Crippen molar-refractivity contribution in [3.8, 4) is 21.8 Å². The highest BCUT2D eigenvalue weighted by atomic mass is 79.9. The Morgan fingerprint density at radius 3 is 2.68 bits per heavy atom. The number of aryl methyl sites for hydroxylation is 1. The molecule has 0 radical (unpaired) electrons. The van der Waals surface area contributed by atoms with E-state index in [1.165, 1.54) is 16.9 Å². The Hall–Kier alpha value is -2.44. The second-order valence-corrected chi connectivity index (χ2v) is 7.43. The van der Waals surface area contributed by atoms with Crippen LogP contribution >= 0.6 is 27.3 Å². The lowest BCUT2D eigenvalue weighted by molar-refractivity contribution is 0.277. The molecule has 4 rings (SSSR count). The Kier molecular flexibility index (Phi) is 4.15. The molecule has 25 heavy (non-hydrogen) atoms. The molecule has 0 aliphatic heterocycles. The van der Waals surface area contributed by atoms with E-state index in [0.29, 0.717) is 11.1 Å². The van der Waals surface area contributed by atoms with Crippen LogP contribution in [0.25, 0.3) is 32.8 Å². The minimum Gasteiger partial charge on any atom is -0.435 e. The van der Waals surface area contributed by atoms with E-state index in [0.717, 1.165) is 26.1 Å². The molecular weight excluding hydrogens is 400 g/mol. The lowest BCUT2D eigenvalue weighted by Crippen LogP contribution is -2.05. The maximum atomic E-state index is 9.35. The van der Waals surface area contributed by atoms with Crippen molar-refractivity contribution in [1.82, 2.24) is 4.98 Å². The van der Waals surface area contributed by atoms with E-state index in [1.54, 1.807) is 0 Å². The van der Waals surface area contributed by atoms with Crippen LogP contribution in [0, 0.1) is 6.92 Å². The van der Waals surface area contributed by atoms with Crippen molar-refractivity contribution in [2.24, 2.45) is 5.16 Å². The zero-order valence-electron chi connectivity index (χ0n) is 13.2. The van der Waals surface area contributed by atoms with E-state index < -0.39 is 0 Å². The number of fused-ring (bicyclic) bond motifs is 1. The minimum atomic E-state index is 0.152. The highest BCUT2D eigenvalue weighted by Gasteiger charge is 2.12. The van der Waals surface area contributed by atoms with Gasteiger partial charge in [-0.1, -0.05) is 45.8 Å². The monoisotopic (exact) mass is 412 g/mol. The quantitative estimate of drug-likeness (QED) is 0.345. The van der Waals surface area contributed by atoms with Gasteiger partial charge in [0.05, 0.1) is 11.3 Å². The summed E-state index contributed by atoms with van der Waals surface area (Å²) in [4.78, 5) is 4.69. The summed E-state index contributed by atoms with van der Waals surface area (Å²) in [7, 11) is 0. The van der Waals surface area contributed by atoms with Crippen LogP contribution in [0.4, 0.5) is 0 Å².